The van der Waals surface area contributed by atoms with E-state index >= 15 is 0 Å². The lowest BCUT2D eigenvalue weighted by Crippen LogP contribution is -2.54. The summed E-state index contributed by atoms with van der Waals surface area (Å²) in [6.45, 7) is -1.03. The van der Waals surface area contributed by atoms with E-state index in [-0.39, 0.29) is 24.7 Å². The summed E-state index contributed by atoms with van der Waals surface area (Å²) in [5.41, 5.74) is -0.204. The zero-order valence-corrected chi connectivity index (χ0v) is 24.4. The summed E-state index contributed by atoms with van der Waals surface area (Å²) >= 11 is 0. The normalized spacial score (nSPS) is 14.7. The molecule has 0 saturated heterocycles. The second-order valence-electron chi connectivity index (χ2n) is 10.7. The molecule has 3 aromatic rings. The van der Waals surface area contributed by atoms with E-state index in [1.54, 1.807) is 30.3 Å². The van der Waals surface area contributed by atoms with Gasteiger partial charge in [0.15, 0.2) is 0 Å². The first-order valence-electron chi connectivity index (χ1n) is 13.8. The molecular weight excluding hydrogens is 586 g/mol. The van der Waals surface area contributed by atoms with Crippen molar-refractivity contribution in [2.75, 3.05) is 17.1 Å². The number of sulfonamides is 1. The molecule has 0 spiro atoms. The average molecular weight is 620 g/mol. The van der Waals surface area contributed by atoms with E-state index in [2.05, 4.69) is 5.32 Å². The van der Waals surface area contributed by atoms with E-state index in [1.165, 1.54) is 35.2 Å². The van der Waals surface area contributed by atoms with E-state index in [0.29, 0.717) is 15.9 Å². The first-order valence-corrected chi connectivity index (χ1v) is 15.7. The molecular formula is C31H33F4N3O4S. The number of benzene rings is 3. The molecule has 4 rings (SSSR count). The predicted octanol–water partition coefficient (Wildman–Crippen LogP) is 5.31. The quantitative estimate of drug-likeness (QED) is 0.295. The van der Waals surface area contributed by atoms with Crippen LogP contribution in [-0.4, -0.2) is 50.0 Å². The van der Waals surface area contributed by atoms with Gasteiger partial charge in [-0.15, -0.1) is 0 Å². The molecule has 1 N–H and O–H groups in total. The predicted molar refractivity (Wildman–Crippen MR) is 155 cm³/mol. The molecule has 0 aromatic heterocycles. The van der Waals surface area contributed by atoms with Crippen molar-refractivity contribution >= 4 is 27.5 Å². The lowest BCUT2D eigenvalue weighted by molar-refractivity contribution is -0.140. The molecule has 1 atom stereocenters. The number of nitrogens with one attached hydrogen (secondary N) is 1. The average Bonchev–Trinajstić information content (AvgIpc) is 3.47. The van der Waals surface area contributed by atoms with Crippen LogP contribution in [0.3, 0.4) is 0 Å². The maximum atomic E-state index is 14.0. The summed E-state index contributed by atoms with van der Waals surface area (Å²) in [4.78, 5) is 29.0. The maximum Gasteiger partial charge on any atom is 0.416 e. The van der Waals surface area contributed by atoms with E-state index in [1.807, 2.05) is 0 Å². The van der Waals surface area contributed by atoms with Gasteiger partial charge in [-0.25, -0.2) is 12.8 Å². The number of amides is 2. The molecule has 0 bridgehead atoms. The Morgan fingerprint density at radius 2 is 1.58 bits per heavy atom. The summed E-state index contributed by atoms with van der Waals surface area (Å²) in [5.74, 6) is -1.75. The van der Waals surface area contributed by atoms with Crippen molar-refractivity contribution in [2.24, 2.45) is 0 Å². The van der Waals surface area contributed by atoms with Crippen molar-refractivity contribution in [3.8, 4) is 0 Å². The topological polar surface area (TPSA) is 86.8 Å². The number of carbonyl (C=O) groups is 2. The molecule has 12 heteroatoms. The second-order valence-corrected chi connectivity index (χ2v) is 12.6. The minimum atomic E-state index is -4.74. The van der Waals surface area contributed by atoms with Crippen LogP contribution in [0.2, 0.25) is 0 Å². The standard InChI is InChI=1S/C31H33F4N3O4S/c1-43(41,42)38(27-13-7-10-24(19-27)31(33,34)35)21-29(39)37(20-23-14-16-25(32)17-15-23)28(18-22-8-3-2-4-9-22)30(40)36-26-11-5-6-12-26/h2-4,7-10,13-17,19,26,28H,5-6,11-12,18,20-21H2,1H3,(H,36,40)/t28-/m0/s1. The number of rotatable bonds is 11. The molecule has 1 fully saturated rings. The lowest BCUT2D eigenvalue weighted by atomic mass is 10.0. The van der Waals surface area contributed by atoms with Gasteiger partial charge in [-0.1, -0.05) is 61.4 Å². The van der Waals surface area contributed by atoms with Crippen LogP contribution in [0.15, 0.2) is 78.9 Å². The van der Waals surface area contributed by atoms with Crippen LogP contribution in [0.5, 0.6) is 0 Å². The third kappa shape index (κ3) is 8.79. The molecule has 230 valence electrons. The van der Waals surface area contributed by atoms with Gasteiger partial charge in [-0.2, -0.15) is 13.2 Å². The van der Waals surface area contributed by atoms with Crippen LogP contribution in [0.1, 0.15) is 42.4 Å². The summed E-state index contributed by atoms with van der Waals surface area (Å²) in [7, 11) is -4.24. The van der Waals surface area contributed by atoms with Crippen LogP contribution >= 0.6 is 0 Å². The van der Waals surface area contributed by atoms with Gasteiger partial charge in [0, 0.05) is 19.0 Å². The van der Waals surface area contributed by atoms with Crippen LogP contribution in [0.25, 0.3) is 0 Å². The van der Waals surface area contributed by atoms with E-state index < -0.39 is 52.0 Å². The van der Waals surface area contributed by atoms with Crippen molar-refractivity contribution in [1.82, 2.24) is 10.2 Å². The second kappa shape index (κ2) is 13.6. The molecule has 2 amide bonds. The molecule has 3 aromatic carbocycles. The molecule has 0 aliphatic heterocycles. The Balaban J connectivity index is 1.73. The minimum Gasteiger partial charge on any atom is -0.352 e. The maximum absolute atomic E-state index is 14.0. The summed E-state index contributed by atoms with van der Waals surface area (Å²) in [6, 6.07) is 16.8. The van der Waals surface area contributed by atoms with Gasteiger partial charge in [0.1, 0.15) is 18.4 Å². The highest BCUT2D eigenvalue weighted by Gasteiger charge is 2.35. The number of alkyl halides is 3. The zero-order valence-electron chi connectivity index (χ0n) is 23.6. The number of hydrogen-bond donors (Lipinski definition) is 1. The molecule has 1 aliphatic carbocycles. The largest absolute Gasteiger partial charge is 0.416 e. The third-order valence-electron chi connectivity index (χ3n) is 7.38. The zero-order chi connectivity index (χ0) is 31.2. The summed E-state index contributed by atoms with van der Waals surface area (Å²) < 4.78 is 80.3. The fourth-order valence-corrected chi connectivity index (χ4v) is 6.00. The number of nitrogens with zero attached hydrogens (tertiary/aromatic N) is 2. The minimum absolute atomic E-state index is 0.0776. The number of anilines is 1. The highest BCUT2D eigenvalue weighted by molar-refractivity contribution is 7.92. The monoisotopic (exact) mass is 619 g/mol. The van der Waals surface area contributed by atoms with Crippen LogP contribution in [0.4, 0.5) is 23.2 Å². The van der Waals surface area contributed by atoms with Gasteiger partial charge >= 0.3 is 6.18 Å². The van der Waals surface area contributed by atoms with Crippen molar-refractivity contribution in [3.63, 3.8) is 0 Å². The Kier molecular flexibility index (Phi) is 10.1. The molecule has 0 unspecified atom stereocenters. The Labute approximate surface area is 248 Å². The number of halogens is 4. The molecule has 7 nitrogen and oxygen atoms in total. The van der Waals surface area contributed by atoms with E-state index in [4.69, 9.17) is 0 Å². The number of hydrogen-bond acceptors (Lipinski definition) is 4. The highest BCUT2D eigenvalue weighted by atomic mass is 32.2. The Bertz CT molecular complexity index is 1510. The molecule has 1 saturated carbocycles. The van der Waals surface area contributed by atoms with Crippen LogP contribution in [0, 0.1) is 5.82 Å². The van der Waals surface area contributed by atoms with Gasteiger partial charge in [0.2, 0.25) is 21.8 Å². The summed E-state index contributed by atoms with van der Waals surface area (Å²) in [5, 5.41) is 3.02. The van der Waals surface area contributed by atoms with E-state index in [0.717, 1.165) is 49.6 Å². The fourth-order valence-electron chi connectivity index (χ4n) is 5.16. The Hall–Kier alpha value is -3.93. The molecule has 1 aliphatic rings. The van der Waals surface area contributed by atoms with Gasteiger partial charge in [0.05, 0.1) is 17.5 Å². The van der Waals surface area contributed by atoms with Crippen molar-refractivity contribution in [1.29, 1.82) is 0 Å². The fraction of sp³-hybridized carbons (Fsp3) is 0.355. The van der Waals surface area contributed by atoms with Crippen molar-refractivity contribution < 1.29 is 35.6 Å². The van der Waals surface area contributed by atoms with Gasteiger partial charge in [0.25, 0.3) is 0 Å². The van der Waals surface area contributed by atoms with Gasteiger partial charge in [-0.3, -0.25) is 13.9 Å². The first-order chi connectivity index (χ1) is 20.3. The van der Waals surface area contributed by atoms with E-state index in [9.17, 15) is 35.6 Å². The lowest BCUT2D eigenvalue weighted by Gasteiger charge is -2.34. The highest BCUT2D eigenvalue weighted by Crippen LogP contribution is 2.32. The van der Waals surface area contributed by atoms with Crippen LogP contribution < -0.4 is 9.62 Å². The SMILES string of the molecule is CS(=O)(=O)N(CC(=O)N(Cc1ccc(F)cc1)[C@@H](Cc1ccccc1)C(=O)NC1CCCC1)c1cccc(C(F)(F)F)c1. The number of carbonyl (C=O) groups excluding carboxylic acids is 2. The van der Waals surface area contributed by atoms with Gasteiger partial charge in [-0.05, 0) is 54.3 Å². The molecule has 43 heavy (non-hydrogen) atoms. The van der Waals surface area contributed by atoms with Crippen molar-refractivity contribution in [2.45, 2.75) is 56.9 Å². The van der Waals surface area contributed by atoms with Crippen molar-refractivity contribution in [3.05, 3.63) is 101 Å². The first kappa shape index (κ1) is 32.0. The third-order valence-corrected chi connectivity index (χ3v) is 8.52. The summed E-state index contributed by atoms with van der Waals surface area (Å²) in [6.07, 6.45) is -0.384. The molecule has 0 radical (unpaired) electrons. The Morgan fingerprint density at radius 3 is 2.19 bits per heavy atom. The Morgan fingerprint density at radius 1 is 0.930 bits per heavy atom. The smallest absolute Gasteiger partial charge is 0.352 e. The van der Waals surface area contributed by atoms with Gasteiger partial charge < -0.3 is 10.2 Å². The van der Waals surface area contributed by atoms with Crippen LogP contribution in [-0.2, 0) is 38.8 Å². The molecule has 0 heterocycles.